The summed E-state index contributed by atoms with van der Waals surface area (Å²) >= 11 is 7.66. The molecule has 0 amide bonds. The number of hydrogen-bond donors (Lipinski definition) is 3. The number of carbonyl (C=O) groups excluding carboxylic acids is 1. The number of alkyl halides is 3. The van der Waals surface area contributed by atoms with Crippen LogP contribution in [0.5, 0.6) is 0 Å². The number of anilines is 1. The molecule has 2 heterocycles. The maximum Gasteiger partial charge on any atom is 0.416 e. The van der Waals surface area contributed by atoms with Gasteiger partial charge in [0.05, 0.1) is 33.8 Å². The average molecular weight is 542 g/mol. The lowest BCUT2D eigenvalue weighted by atomic mass is 9.78. The molecule has 1 aromatic heterocycles. The van der Waals surface area contributed by atoms with Gasteiger partial charge in [0.25, 0.3) is 0 Å². The fourth-order valence-electron chi connectivity index (χ4n) is 3.96. The molecule has 1 aromatic carbocycles. The Morgan fingerprint density at radius 3 is 2.39 bits per heavy atom. The molecule has 1 unspecified atom stereocenters. The Kier molecular flexibility index (Phi) is 10.5. The Morgan fingerprint density at radius 1 is 1.22 bits per heavy atom. The zero-order chi connectivity index (χ0) is 27.0. The van der Waals surface area contributed by atoms with Crippen molar-refractivity contribution in [3.8, 4) is 6.07 Å². The highest BCUT2D eigenvalue weighted by molar-refractivity contribution is 7.10. The van der Waals surface area contributed by atoms with Crippen molar-refractivity contribution in [1.82, 2.24) is 0 Å². The fraction of sp³-hybridized carbons (Fsp3) is 0.360. The summed E-state index contributed by atoms with van der Waals surface area (Å²) in [5.41, 5.74) is 6.49. The van der Waals surface area contributed by atoms with Crippen molar-refractivity contribution in [3.63, 3.8) is 0 Å². The topological polar surface area (TPSA) is 111 Å². The Balaban J connectivity index is 0.000000693. The maximum atomic E-state index is 13.3. The van der Waals surface area contributed by atoms with Crippen LogP contribution in [0, 0.1) is 11.3 Å². The number of allylic oxidation sites excluding steroid dienone is 3. The number of nitrogens with zero attached hydrogens (tertiary/aromatic N) is 2. The summed E-state index contributed by atoms with van der Waals surface area (Å²) in [5, 5.41) is 26.9. The largest absolute Gasteiger partial charge is 0.416 e. The van der Waals surface area contributed by atoms with Crippen LogP contribution in [0.15, 0.2) is 58.4 Å². The first-order chi connectivity index (χ1) is 17.1. The number of hydrogen-bond acceptors (Lipinski definition) is 7. The van der Waals surface area contributed by atoms with E-state index in [4.69, 9.17) is 27.5 Å². The molecule has 0 saturated carbocycles. The number of rotatable bonds is 2. The molecule has 1 atom stereocenters. The van der Waals surface area contributed by atoms with Crippen LogP contribution in [-0.2, 0) is 11.0 Å². The molecule has 4 rings (SSSR count). The van der Waals surface area contributed by atoms with Gasteiger partial charge in [-0.1, -0.05) is 17.7 Å². The zero-order valence-corrected chi connectivity index (χ0v) is 21.3. The molecule has 0 bridgehead atoms. The van der Waals surface area contributed by atoms with Crippen molar-refractivity contribution >= 4 is 34.4 Å². The number of thiophene rings is 1. The summed E-state index contributed by atoms with van der Waals surface area (Å²) in [4.78, 5) is 15.1. The molecule has 0 spiro atoms. The third kappa shape index (κ3) is 6.28. The molecular formula is C25H27ClF3N3O3S. The van der Waals surface area contributed by atoms with Crippen LogP contribution < -0.4 is 10.6 Å². The van der Waals surface area contributed by atoms with E-state index in [2.05, 4.69) is 6.07 Å². The molecule has 6 nitrogen and oxygen atoms in total. The van der Waals surface area contributed by atoms with Gasteiger partial charge in [-0.15, -0.1) is 11.3 Å². The number of nitrogens with two attached hydrogens (primary N) is 1. The number of aliphatic hydroxyl groups is 2. The SMILES string of the molecule is CCO.CCO.N#CC1=C(N)N(c2cc(C(F)(F)F)ccc2Cl)C2=C(C(=O)CCC2)C1c1cccs1. The third-order valence-electron chi connectivity index (χ3n) is 5.26. The van der Waals surface area contributed by atoms with E-state index >= 15 is 0 Å². The summed E-state index contributed by atoms with van der Waals surface area (Å²) in [6.45, 7) is 3.86. The molecule has 36 heavy (non-hydrogen) atoms. The maximum absolute atomic E-state index is 13.3. The Hall–Kier alpha value is -2.84. The molecule has 0 saturated heterocycles. The first-order valence-electron chi connectivity index (χ1n) is 11.1. The first-order valence-corrected chi connectivity index (χ1v) is 12.4. The number of nitriles is 1. The predicted octanol–water partition coefficient (Wildman–Crippen LogP) is 5.72. The van der Waals surface area contributed by atoms with Gasteiger partial charge in [-0.05, 0) is 56.3 Å². The van der Waals surface area contributed by atoms with Gasteiger partial charge in [-0.2, -0.15) is 18.4 Å². The normalized spacial score (nSPS) is 17.5. The van der Waals surface area contributed by atoms with E-state index in [-0.39, 0.29) is 41.1 Å². The van der Waals surface area contributed by atoms with Gasteiger partial charge in [-0.3, -0.25) is 9.69 Å². The Morgan fingerprint density at radius 2 is 1.86 bits per heavy atom. The van der Waals surface area contributed by atoms with Crippen LogP contribution in [0.2, 0.25) is 5.02 Å². The van der Waals surface area contributed by atoms with E-state index < -0.39 is 17.7 Å². The molecule has 2 aliphatic rings. The summed E-state index contributed by atoms with van der Waals surface area (Å²) in [5.74, 6) is -0.771. The van der Waals surface area contributed by atoms with Gasteiger partial charge in [0.2, 0.25) is 0 Å². The van der Waals surface area contributed by atoms with Crippen LogP contribution in [0.3, 0.4) is 0 Å². The van der Waals surface area contributed by atoms with Crippen LogP contribution in [-0.4, -0.2) is 29.2 Å². The van der Waals surface area contributed by atoms with E-state index in [0.717, 1.165) is 23.1 Å². The third-order valence-corrected chi connectivity index (χ3v) is 6.51. The van der Waals surface area contributed by atoms with Crippen molar-refractivity contribution in [2.24, 2.45) is 5.73 Å². The first kappa shape index (κ1) is 29.4. The molecule has 4 N–H and O–H groups in total. The van der Waals surface area contributed by atoms with E-state index in [9.17, 15) is 23.2 Å². The fourth-order valence-corrected chi connectivity index (χ4v) is 5.01. The minimum absolute atomic E-state index is 0.00331. The Labute approximate surface area is 216 Å². The lowest BCUT2D eigenvalue weighted by Gasteiger charge is -2.39. The van der Waals surface area contributed by atoms with Crippen molar-refractivity contribution in [2.75, 3.05) is 18.1 Å². The number of Topliss-reactive ketones (excluding diaryl/α,β-unsaturated/α-hetero) is 1. The lowest BCUT2D eigenvalue weighted by molar-refractivity contribution is -0.137. The monoisotopic (exact) mass is 541 g/mol. The highest BCUT2D eigenvalue weighted by atomic mass is 35.5. The minimum Gasteiger partial charge on any atom is -0.397 e. The van der Waals surface area contributed by atoms with Crippen molar-refractivity contribution < 1.29 is 28.2 Å². The quantitative estimate of drug-likeness (QED) is 0.448. The molecule has 0 fully saturated rings. The highest BCUT2D eigenvalue weighted by Crippen LogP contribution is 2.48. The van der Waals surface area contributed by atoms with Crippen molar-refractivity contribution in [1.29, 1.82) is 5.26 Å². The van der Waals surface area contributed by atoms with Crippen molar-refractivity contribution in [2.45, 2.75) is 45.2 Å². The van der Waals surface area contributed by atoms with Crippen LogP contribution in [0.4, 0.5) is 18.9 Å². The van der Waals surface area contributed by atoms with Gasteiger partial charge in [0.15, 0.2) is 5.78 Å². The molecule has 2 aromatic rings. The molecular weight excluding hydrogens is 515 g/mol. The number of carbonyl (C=O) groups is 1. The van der Waals surface area contributed by atoms with E-state index in [0.29, 0.717) is 30.5 Å². The molecule has 1 aliphatic heterocycles. The summed E-state index contributed by atoms with van der Waals surface area (Å²) in [7, 11) is 0. The molecule has 1 aliphatic carbocycles. The zero-order valence-electron chi connectivity index (χ0n) is 19.8. The number of halogens is 4. The summed E-state index contributed by atoms with van der Waals surface area (Å²) in [6, 6.07) is 8.65. The predicted molar refractivity (Wildman–Crippen MR) is 134 cm³/mol. The smallest absolute Gasteiger partial charge is 0.397 e. The molecule has 0 radical (unpaired) electrons. The molecule has 11 heteroatoms. The van der Waals surface area contributed by atoms with E-state index in [1.165, 1.54) is 16.2 Å². The molecule has 194 valence electrons. The van der Waals surface area contributed by atoms with Crippen molar-refractivity contribution in [3.05, 3.63) is 73.8 Å². The van der Waals surface area contributed by atoms with E-state index in [1.54, 1.807) is 13.8 Å². The summed E-state index contributed by atoms with van der Waals surface area (Å²) in [6.07, 6.45) is -3.29. The number of ketones is 1. The minimum atomic E-state index is -4.58. The highest BCUT2D eigenvalue weighted by Gasteiger charge is 2.41. The second-order valence-corrected chi connectivity index (χ2v) is 9.01. The Bertz CT molecular complexity index is 1170. The summed E-state index contributed by atoms with van der Waals surface area (Å²) < 4.78 is 40.0. The van der Waals surface area contributed by atoms with Crippen LogP contribution >= 0.6 is 22.9 Å². The van der Waals surface area contributed by atoms with Gasteiger partial charge < -0.3 is 15.9 Å². The van der Waals surface area contributed by atoms with Crippen LogP contribution in [0.25, 0.3) is 0 Å². The van der Waals surface area contributed by atoms with E-state index in [1.807, 2.05) is 17.5 Å². The van der Waals surface area contributed by atoms with Gasteiger partial charge in [-0.25, -0.2) is 0 Å². The standard InChI is InChI=1S/C21H15ClF3N3OS.2C2H6O/c22-13-7-6-11(21(23,24)25)9-15(13)28-14-3-1-4-16(29)19(14)18(12(10-26)20(28)27)17-5-2-8-30-17;2*1-2-3/h2,5-9,18H,1,3-4,27H2;2*3H,2H2,1H3. The van der Waals surface area contributed by atoms with Crippen LogP contribution in [0.1, 0.15) is 49.5 Å². The number of aliphatic hydroxyl groups excluding tert-OH is 2. The van der Waals surface area contributed by atoms with Gasteiger partial charge in [0.1, 0.15) is 5.82 Å². The van der Waals surface area contributed by atoms with Gasteiger partial charge >= 0.3 is 6.18 Å². The lowest BCUT2D eigenvalue weighted by Crippen LogP contribution is -2.38. The van der Waals surface area contributed by atoms with Gasteiger partial charge in [0, 0.05) is 35.8 Å². The average Bonchev–Trinajstić information content (AvgIpc) is 3.34. The second kappa shape index (κ2) is 12.9. The number of benzene rings is 1. The second-order valence-electron chi connectivity index (χ2n) is 7.63.